The zero-order valence-electron chi connectivity index (χ0n) is 21.2. The second-order valence-electron chi connectivity index (χ2n) is 8.06. The number of anilines is 2. The van der Waals surface area contributed by atoms with Crippen LogP contribution in [-0.4, -0.2) is 38.6 Å². The van der Waals surface area contributed by atoms with E-state index in [4.69, 9.17) is 0 Å². The van der Waals surface area contributed by atoms with E-state index in [1.165, 1.54) is 23.5 Å². The molecule has 0 saturated carbocycles. The molecule has 0 saturated heterocycles. The number of halogens is 1. The van der Waals surface area contributed by atoms with Gasteiger partial charge in [-0.05, 0) is 65.9 Å². The third kappa shape index (κ3) is 9.05. The van der Waals surface area contributed by atoms with Gasteiger partial charge < -0.3 is 10.6 Å². The molecule has 40 heavy (non-hydrogen) atoms. The summed E-state index contributed by atoms with van der Waals surface area (Å²) in [5.74, 6) is 0.0281. The molecular weight excluding hydrogens is 630 g/mol. The molecule has 1 aromatic heterocycles. The first-order valence-corrected chi connectivity index (χ1v) is 15.6. The number of amides is 3. The van der Waals surface area contributed by atoms with Gasteiger partial charge in [0.05, 0.1) is 5.75 Å². The maximum Gasteiger partial charge on any atom is 0.272 e. The van der Waals surface area contributed by atoms with Crippen molar-refractivity contribution in [2.45, 2.75) is 17.0 Å². The molecule has 0 aliphatic rings. The number of nitrogens with zero attached hydrogens (tertiary/aromatic N) is 2. The summed E-state index contributed by atoms with van der Waals surface area (Å²) in [7, 11) is 0. The van der Waals surface area contributed by atoms with Gasteiger partial charge >= 0.3 is 0 Å². The minimum Gasteiger partial charge on any atom is -0.321 e. The summed E-state index contributed by atoms with van der Waals surface area (Å²) in [6.07, 6.45) is 1.62. The fourth-order valence-corrected chi connectivity index (χ4v) is 5.50. The molecule has 0 radical (unpaired) electrons. The van der Waals surface area contributed by atoms with E-state index >= 15 is 0 Å². The average molecular weight is 655 g/mol. The SMILES string of the molecule is CCSc1nsc(NC(=O)CSc2ccc(NC(=O)/C(=C/c3ccc(Br)cc3)NC(=O)c3ccccc3)cc2)n1. The van der Waals surface area contributed by atoms with Gasteiger partial charge in [-0.25, -0.2) is 0 Å². The number of carbonyl (C=O) groups is 3. The van der Waals surface area contributed by atoms with E-state index in [0.717, 1.165) is 32.2 Å². The molecule has 0 spiro atoms. The molecule has 0 bridgehead atoms. The Morgan fingerprint density at radius 1 is 0.925 bits per heavy atom. The lowest BCUT2D eigenvalue weighted by Gasteiger charge is -2.12. The van der Waals surface area contributed by atoms with E-state index in [1.54, 1.807) is 42.5 Å². The fourth-order valence-electron chi connectivity index (χ4n) is 3.25. The van der Waals surface area contributed by atoms with Crippen molar-refractivity contribution in [2.75, 3.05) is 22.1 Å². The fraction of sp³-hybridized carbons (Fsp3) is 0.107. The van der Waals surface area contributed by atoms with Crippen LogP contribution in [0.4, 0.5) is 10.8 Å². The number of aromatic nitrogens is 2. The van der Waals surface area contributed by atoms with Gasteiger partial charge in [0.25, 0.3) is 11.8 Å². The minimum atomic E-state index is -0.468. The van der Waals surface area contributed by atoms with Crippen molar-refractivity contribution >= 4 is 85.6 Å². The summed E-state index contributed by atoms with van der Waals surface area (Å²) in [4.78, 5) is 43.4. The standard InChI is InChI=1S/C28H24BrN5O3S3/c1-2-38-28-33-27(40-34-28)32-24(35)17-39-22-14-12-21(13-15-22)30-26(37)23(16-18-8-10-20(29)11-9-18)31-25(36)19-6-4-3-5-7-19/h3-16H,2,17H2,1H3,(H,30,37)(H,31,36)(H,32,33,34,35)/b23-16-. The van der Waals surface area contributed by atoms with Crippen molar-refractivity contribution in [3.63, 3.8) is 0 Å². The van der Waals surface area contributed by atoms with E-state index in [2.05, 4.69) is 41.2 Å². The lowest BCUT2D eigenvalue weighted by molar-refractivity contribution is -0.114. The number of benzene rings is 3. The predicted octanol–water partition coefficient (Wildman–Crippen LogP) is 6.55. The number of nitrogens with one attached hydrogen (secondary N) is 3. The summed E-state index contributed by atoms with van der Waals surface area (Å²) in [5.41, 5.74) is 1.84. The number of hydrogen-bond donors (Lipinski definition) is 3. The lowest BCUT2D eigenvalue weighted by atomic mass is 10.1. The third-order valence-corrected chi connectivity index (χ3v) is 8.14. The van der Waals surface area contributed by atoms with E-state index in [0.29, 0.717) is 21.5 Å². The Hall–Kier alpha value is -3.45. The van der Waals surface area contributed by atoms with Crippen molar-refractivity contribution in [1.29, 1.82) is 0 Å². The van der Waals surface area contributed by atoms with Gasteiger partial charge in [-0.1, -0.05) is 64.9 Å². The van der Waals surface area contributed by atoms with Crippen LogP contribution < -0.4 is 16.0 Å². The normalized spacial score (nSPS) is 11.1. The molecule has 3 aromatic carbocycles. The molecule has 0 aliphatic carbocycles. The number of rotatable bonds is 11. The summed E-state index contributed by atoms with van der Waals surface area (Å²) < 4.78 is 5.09. The quantitative estimate of drug-likeness (QED) is 0.124. The maximum absolute atomic E-state index is 13.2. The molecule has 204 valence electrons. The highest BCUT2D eigenvalue weighted by Crippen LogP contribution is 2.23. The smallest absolute Gasteiger partial charge is 0.272 e. The van der Waals surface area contributed by atoms with Crippen LogP contribution in [0.3, 0.4) is 0 Å². The maximum atomic E-state index is 13.2. The van der Waals surface area contributed by atoms with Gasteiger partial charge in [-0.15, -0.1) is 11.8 Å². The van der Waals surface area contributed by atoms with Crippen LogP contribution in [0.25, 0.3) is 6.08 Å². The Balaban J connectivity index is 1.37. The van der Waals surface area contributed by atoms with E-state index in [-0.39, 0.29) is 17.4 Å². The van der Waals surface area contributed by atoms with Crippen LogP contribution in [-0.2, 0) is 9.59 Å². The van der Waals surface area contributed by atoms with Crippen LogP contribution in [0.2, 0.25) is 0 Å². The zero-order valence-corrected chi connectivity index (χ0v) is 25.3. The van der Waals surface area contributed by atoms with Gasteiger partial charge in [-0.2, -0.15) is 9.36 Å². The Morgan fingerprint density at radius 2 is 1.65 bits per heavy atom. The van der Waals surface area contributed by atoms with Gasteiger partial charge in [0.15, 0.2) is 0 Å². The monoisotopic (exact) mass is 653 g/mol. The highest BCUT2D eigenvalue weighted by molar-refractivity contribution is 9.10. The van der Waals surface area contributed by atoms with Crippen molar-refractivity contribution in [3.8, 4) is 0 Å². The minimum absolute atomic E-state index is 0.100. The number of thioether (sulfide) groups is 2. The average Bonchev–Trinajstić information content (AvgIpc) is 3.40. The number of hydrogen-bond acceptors (Lipinski definition) is 8. The summed E-state index contributed by atoms with van der Waals surface area (Å²) in [6.45, 7) is 2.01. The third-order valence-electron chi connectivity index (χ3n) is 5.12. The van der Waals surface area contributed by atoms with Crippen molar-refractivity contribution in [2.24, 2.45) is 0 Å². The topological polar surface area (TPSA) is 113 Å². The van der Waals surface area contributed by atoms with Gasteiger partial charge in [0, 0.05) is 32.2 Å². The van der Waals surface area contributed by atoms with Crippen LogP contribution in [0.5, 0.6) is 0 Å². The van der Waals surface area contributed by atoms with E-state index in [1.807, 2.05) is 49.4 Å². The highest BCUT2D eigenvalue weighted by atomic mass is 79.9. The first-order valence-electron chi connectivity index (χ1n) is 12.0. The molecule has 4 aromatic rings. The molecule has 1 heterocycles. The van der Waals surface area contributed by atoms with E-state index < -0.39 is 11.8 Å². The molecule has 0 aliphatic heterocycles. The molecular formula is C28H24BrN5O3S3. The zero-order chi connectivity index (χ0) is 28.3. The molecule has 0 atom stereocenters. The summed E-state index contributed by atoms with van der Waals surface area (Å²) >= 11 is 7.44. The summed E-state index contributed by atoms with van der Waals surface area (Å²) in [5, 5.41) is 9.46. The van der Waals surface area contributed by atoms with Crippen LogP contribution in [0, 0.1) is 0 Å². The van der Waals surface area contributed by atoms with Gasteiger partial charge in [0.2, 0.25) is 16.2 Å². The Kier molecular flexibility index (Phi) is 10.9. The van der Waals surface area contributed by atoms with Crippen LogP contribution in [0.15, 0.2) is 99.1 Å². The summed E-state index contributed by atoms with van der Waals surface area (Å²) in [6, 6.07) is 23.2. The van der Waals surface area contributed by atoms with Crippen molar-refractivity contribution in [3.05, 3.63) is 100 Å². The second-order valence-corrected chi connectivity index (χ2v) is 12.0. The Labute approximate surface area is 252 Å². The molecule has 0 fully saturated rings. The lowest BCUT2D eigenvalue weighted by Crippen LogP contribution is -2.30. The second kappa shape index (κ2) is 14.8. The predicted molar refractivity (Wildman–Crippen MR) is 167 cm³/mol. The highest BCUT2D eigenvalue weighted by Gasteiger charge is 2.15. The van der Waals surface area contributed by atoms with Crippen LogP contribution >= 0.6 is 51.0 Å². The first-order chi connectivity index (χ1) is 19.4. The Morgan fingerprint density at radius 3 is 2.35 bits per heavy atom. The van der Waals surface area contributed by atoms with Gasteiger partial charge in [0.1, 0.15) is 5.70 Å². The molecule has 4 rings (SSSR count). The molecule has 0 unspecified atom stereocenters. The molecule has 8 nitrogen and oxygen atoms in total. The number of carbonyl (C=O) groups excluding carboxylic acids is 3. The van der Waals surface area contributed by atoms with Crippen molar-refractivity contribution in [1.82, 2.24) is 14.7 Å². The van der Waals surface area contributed by atoms with Crippen molar-refractivity contribution < 1.29 is 14.4 Å². The largest absolute Gasteiger partial charge is 0.321 e. The molecule has 3 N–H and O–H groups in total. The van der Waals surface area contributed by atoms with Crippen LogP contribution in [0.1, 0.15) is 22.8 Å². The molecule has 12 heteroatoms. The Bertz CT molecular complexity index is 1490. The van der Waals surface area contributed by atoms with Gasteiger partial charge in [-0.3, -0.25) is 19.7 Å². The van der Waals surface area contributed by atoms with E-state index in [9.17, 15) is 14.4 Å². The molecule has 3 amide bonds. The first kappa shape index (κ1) is 29.5.